The summed E-state index contributed by atoms with van der Waals surface area (Å²) in [6, 6.07) is 30.2. The molecule has 0 radical (unpaired) electrons. The Balaban J connectivity index is 1.51. The summed E-state index contributed by atoms with van der Waals surface area (Å²) in [6.45, 7) is -0.137. The highest BCUT2D eigenvalue weighted by molar-refractivity contribution is 5.47. The number of benzene rings is 3. The van der Waals surface area contributed by atoms with E-state index >= 15 is 8.78 Å². The maximum absolute atomic E-state index is 15.0. The van der Waals surface area contributed by atoms with Gasteiger partial charge in [0.2, 0.25) is 6.23 Å². The van der Waals surface area contributed by atoms with Crippen LogP contribution in [0.2, 0.25) is 0 Å². The molecule has 2 atom stereocenters. The molecule has 0 bridgehead atoms. The van der Waals surface area contributed by atoms with Gasteiger partial charge in [0.1, 0.15) is 11.4 Å². The van der Waals surface area contributed by atoms with E-state index in [9.17, 15) is 4.79 Å². The molecule has 0 unspecified atom stereocenters. The van der Waals surface area contributed by atoms with Crippen molar-refractivity contribution in [1.82, 2.24) is 9.55 Å². The maximum Gasteiger partial charge on any atom is 0.351 e. The first-order valence-corrected chi connectivity index (χ1v) is 11.6. The Morgan fingerprint density at radius 1 is 0.917 bits per heavy atom. The Hall–Kier alpha value is -3.88. The van der Waals surface area contributed by atoms with Crippen molar-refractivity contribution in [2.24, 2.45) is 0 Å². The van der Waals surface area contributed by atoms with E-state index in [0.29, 0.717) is 0 Å². The van der Waals surface area contributed by atoms with Gasteiger partial charge in [-0.05, 0) is 22.8 Å². The predicted molar refractivity (Wildman–Crippen MR) is 132 cm³/mol. The number of alkyl halides is 2. The molecule has 36 heavy (non-hydrogen) atoms. The van der Waals surface area contributed by atoms with E-state index in [0.717, 1.165) is 21.3 Å². The van der Waals surface area contributed by atoms with Crippen LogP contribution in [0.15, 0.2) is 108 Å². The summed E-state index contributed by atoms with van der Waals surface area (Å²) in [5.74, 6) is -3.35. The number of aromatic nitrogens is 2. The summed E-state index contributed by atoms with van der Waals surface area (Å²) in [4.78, 5) is 15.8. The average Bonchev–Trinajstić information content (AvgIpc) is 3.20. The van der Waals surface area contributed by atoms with E-state index < -0.39 is 36.0 Å². The van der Waals surface area contributed by atoms with Crippen molar-refractivity contribution in [3.8, 4) is 0 Å². The Labute approximate surface area is 206 Å². The molecule has 1 fully saturated rings. The van der Waals surface area contributed by atoms with E-state index in [2.05, 4.69) is 4.98 Å². The van der Waals surface area contributed by atoms with Gasteiger partial charge in [0.15, 0.2) is 0 Å². The Morgan fingerprint density at radius 2 is 1.42 bits per heavy atom. The average molecular weight is 490 g/mol. The topological polar surface area (TPSA) is 79.4 Å². The van der Waals surface area contributed by atoms with E-state index in [1.807, 2.05) is 91.0 Å². The minimum Gasteiger partial charge on any atom is -0.383 e. The molecule has 4 aromatic rings. The van der Waals surface area contributed by atoms with Crippen molar-refractivity contribution >= 4 is 5.82 Å². The third-order valence-electron chi connectivity index (χ3n) is 6.31. The number of ether oxygens (including phenoxy) is 2. The fraction of sp³-hybridized carbons (Fsp3) is 0.214. The van der Waals surface area contributed by atoms with Gasteiger partial charge in [-0.3, -0.25) is 4.57 Å². The monoisotopic (exact) mass is 489 g/mol. The van der Waals surface area contributed by atoms with Crippen LogP contribution in [0.3, 0.4) is 0 Å². The highest BCUT2D eigenvalue weighted by Gasteiger charge is 2.52. The van der Waals surface area contributed by atoms with Gasteiger partial charge in [-0.25, -0.2) is 13.6 Å². The van der Waals surface area contributed by atoms with Gasteiger partial charge in [0.25, 0.3) is 5.92 Å². The number of halogens is 2. The van der Waals surface area contributed by atoms with Crippen molar-refractivity contribution in [1.29, 1.82) is 0 Å². The van der Waals surface area contributed by atoms with Crippen molar-refractivity contribution in [3.05, 3.63) is 130 Å². The number of rotatable bonds is 7. The second kappa shape index (κ2) is 9.64. The largest absolute Gasteiger partial charge is 0.383 e. The fourth-order valence-electron chi connectivity index (χ4n) is 4.69. The van der Waals surface area contributed by atoms with Crippen LogP contribution in [0.25, 0.3) is 0 Å². The van der Waals surface area contributed by atoms with Gasteiger partial charge in [0.05, 0.1) is 12.7 Å². The molecule has 0 aliphatic carbocycles. The lowest BCUT2D eigenvalue weighted by Gasteiger charge is -2.36. The zero-order valence-corrected chi connectivity index (χ0v) is 19.3. The van der Waals surface area contributed by atoms with Crippen LogP contribution in [-0.4, -0.2) is 28.2 Å². The first-order chi connectivity index (χ1) is 17.4. The van der Waals surface area contributed by atoms with E-state index in [4.69, 9.17) is 15.2 Å². The number of anilines is 1. The van der Waals surface area contributed by atoms with Gasteiger partial charge < -0.3 is 15.2 Å². The molecule has 5 rings (SSSR count). The second-order valence-corrected chi connectivity index (χ2v) is 8.71. The molecule has 1 aliphatic heterocycles. The van der Waals surface area contributed by atoms with E-state index in [1.54, 1.807) is 0 Å². The third kappa shape index (κ3) is 4.41. The maximum atomic E-state index is 15.0. The van der Waals surface area contributed by atoms with Crippen molar-refractivity contribution in [3.63, 3.8) is 0 Å². The minimum absolute atomic E-state index is 0.0455. The van der Waals surface area contributed by atoms with Crippen LogP contribution < -0.4 is 11.4 Å². The van der Waals surface area contributed by atoms with Gasteiger partial charge >= 0.3 is 5.69 Å². The van der Waals surface area contributed by atoms with Crippen molar-refractivity contribution < 1.29 is 18.3 Å². The number of nitrogens with zero attached hydrogens (tertiary/aromatic N) is 2. The lowest BCUT2D eigenvalue weighted by atomic mass is 9.80. The summed E-state index contributed by atoms with van der Waals surface area (Å²) < 4.78 is 43.1. The van der Waals surface area contributed by atoms with Crippen LogP contribution in [0.1, 0.15) is 29.3 Å². The fourth-order valence-corrected chi connectivity index (χ4v) is 4.69. The van der Waals surface area contributed by atoms with E-state index in [1.165, 1.54) is 12.3 Å². The quantitative estimate of drug-likeness (QED) is 0.379. The third-order valence-corrected chi connectivity index (χ3v) is 6.31. The minimum atomic E-state index is -3.30. The normalized spacial score (nSPS) is 19.3. The molecule has 6 nitrogen and oxygen atoms in total. The summed E-state index contributed by atoms with van der Waals surface area (Å²) in [6.07, 6.45) is -2.20. The zero-order chi connectivity index (χ0) is 25.2. The predicted octanol–water partition coefficient (Wildman–Crippen LogP) is 4.76. The molecule has 2 heterocycles. The van der Waals surface area contributed by atoms with Crippen LogP contribution in [0.5, 0.6) is 0 Å². The summed E-state index contributed by atoms with van der Waals surface area (Å²) in [5, 5.41) is 0. The lowest BCUT2D eigenvalue weighted by Crippen LogP contribution is -2.36. The first kappa shape index (κ1) is 23.8. The second-order valence-electron chi connectivity index (χ2n) is 8.71. The number of nitrogens with two attached hydrogens (primary N) is 1. The molecule has 8 heteroatoms. The Morgan fingerprint density at radius 3 is 1.89 bits per heavy atom. The number of hydrogen-bond donors (Lipinski definition) is 1. The van der Waals surface area contributed by atoms with Crippen LogP contribution >= 0.6 is 0 Å². The zero-order valence-electron chi connectivity index (χ0n) is 19.3. The molecular formula is C28H25F2N3O3. The highest BCUT2D eigenvalue weighted by atomic mass is 19.3. The molecule has 0 saturated carbocycles. The molecule has 1 aromatic heterocycles. The number of hydrogen-bond acceptors (Lipinski definition) is 5. The van der Waals surface area contributed by atoms with Gasteiger partial charge in [-0.15, -0.1) is 0 Å². The van der Waals surface area contributed by atoms with Gasteiger partial charge in [0, 0.05) is 12.6 Å². The highest BCUT2D eigenvalue weighted by Crippen LogP contribution is 2.45. The van der Waals surface area contributed by atoms with Crippen molar-refractivity contribution in [2.45, 2.75) is 30.3 Å². The lowest BCUT2D eigenvalue weighted by molar-refractivity contribution is -0.128. The molecule has 1 saturated heterocycles. The van der Waals surface area contributed by atoms with Crippen LogP contribution in [-0.2, 0) is 15.1 Å². The summed E-state index contributed by atoms with van der Waals surface area (Å²) in [5.41, 5.74) is 6.09. The molecule has 2 N–H and O–H groups in total. The van der Waals surface area contributed by atoms with Crippen molar-refractivity contribution in [2.75, 3.05) is 12.3 Å². The smallest absolute Gasteiger partial charge is 0.351 e. The summed E-state index contributed by atoms with van der Waals surface area (Å²) >= 11 is 0. The Bertz CT molecular complexity index is 1270. The molecule has 184 valence electrons. The molecule has 1 aliphatic rings. The summed E-state index contributed by atoms with van der Waals surface area (Å²) in [7, 11) is 0. The molecule has 0 amide bonds. The molecular weight excluding hydrogens is 464 g/mol. The van der Waals surface area contributed by atoms with Gasteiger partial charge in [-0.2, -0.15) is 4.98 Å². The van der Waals surface area contributed by atoms with Crippen LogP contribution in [0, 0.1) is 0 Å². The van der Waals surface area contributed by atoms with E-state index in [-0.39, 0.29) is 12.4 Å². The SMILES string of the molecule is Nc1ccn([C@@H]2O[C@@H](COC(c3ccccc3)(c3ccccc3)c3ccccc3)CC2(F)F)c(=O)n1. The van der Waals surface area contributed by atoms with Gasteiger partial charge in [-0.1, -0.05) is 91.0 Å². The molecule has 0 spiro atoms. The Kier molecular flexibility index (Phi) is 6.38. The molecule has 3 aromatic carbocycles. The van der Waals surface area contributed by atoms with Crippen LogP contribution in [0.4, 0.5) is 14.6 Å². The number of nitrogen functional groups attached to an aromatic ring is 1. The standard InChI is InChI=1S/C28H25F2N3O3/c29-27(30)18-23(36-25(27)33-17-16-24(31)32-26(33)34)19-35-28(20-10-4-1-5-11-20,21-12-6-2-7-13-21)22-14-8-3-9-15-22/h1-17,23,25H,18-19H2,(H2,31,32,34)/t23-,25-/m1/s1. The first-order valence-electron chi connectivity index (χ1n) is 11.6.